The van der Waals surface area contributed by atoms with Gasteiger partial charge in [0.15, 0.2) is 0 Å². The molecule has 0 spiro atoms. The van der Waals surface area contributed by atoms with E-state index in [0.717, 1.165) is 32.1 Å². The van der Waals surface area contributed by atoms with Crippen LogP contribution < -0.4 is 0 Å². The molecule has 0 aromatic heterocycles. The molecular formula is C9H12O2. The van der Waals surface area contributed by atoms with Crippen molar-refractivity contribution in [1.29, 1.82) is 0 Å². The molecule has 0 N–H and O–H groups in total. The smallest absolute Gasteiger partial charge is 0.120 e. The Hall–Kier alpha value is -1.10. The summed E-state index contributed by atoms with van der Waals surface area (Å²) in [5.74, 6) is 3.45. The fourth-order valence-electron chi connectivity index (χ4n) is 0.787. The standard InChI is InChI=1S/C9H12O2/c10-8-6-4-2-1-3-5-7-9-11/h6-7H,1-5H2. The van der Waals surface area contributed by atoms with Crippen LogP contribution in [0.2, 0.25) is 0 Å². The van der Waals surface area contributed by atoms with Crippen LogP contribution in [0.15, 0.2) is 12.2 Å². The molecule has 0 aliphatic rings. The van der Waals surface area contributed by atoms with Crippen LogP contribution in [0.4, 0.5) is 0 Å². The van der Waals surface area contributed by atoms with E-state index in [1.165, 1.54) is 12.2 Å². The van der Waals surface area contributed by atoms with E-state index < -0.39 is 0 Å². The molecule has 0 unspecified atom stereocenters. The zero-order valence-electron chi connectivity index (χ0n) is 6.51. The maximum atomic E-state index is 9.70. The molecule has 0 aromatic carbocycles. The first-order valence-electron chi connectivity index (χ1n) is 3.80. The van der Waals surface area contributed by atoms with E-state index in [4.69, 9.17) is 0 Å². The van der Waals surface area contributed by atoms with E-state index in [2.05, 4.69) is 0 Å². The lowest BCUT2D eigenvalue weighted by atomic mass is 10.1. The van der Waals surface area contributed by atoms with Crippen molar-refractivity contribution in [1.82, 2.24) is 0 Å². The molecule has 0 aliphatic heterocycles. The van der Waals surface area contributed by atoms with Gasteiger partial charge >= 0.3 is 0 Å². The molecule has 11 heavy (non-hydrogen) atoms. The van der Waals surface area contributed by atoms with Crippen molar-refractivity contribution in [3.8, 4) is 0 Å². The summed E-state index contributed by atoms with van der Waals surface area (Å²) in [7, 11) is 0. The van der Waals surface area contributed by atoms with Crippen molar-refractivity contribution < 1.29 is 9.59 Å². The number of allylic oxidation sites excluding steroid dienone is 2. The minimum atomic E-state index is 0.800. The molecule has 60 valence electrons. The highest BCUT2D eigenvalue weighted by Gasteiger charge is 1.85. The van der Waals surface area contributed by atoms with Crippen LogP contribution in [0.3, 0.4) is 0 Å². The third-order valence-corrected chi connectivity index (χ3v) is 1.36. The molecule has 0 radical (unpaired) electrons. The van der Waals surface area contributed by atoms with Crippen LogP contribution in [0.1, 0.15) is 32.1 Å². The van der Waals surface area contributed by atoms with Gasteiger partial charge in [-0.05, 0) is 37.8 Å². The monoisotopic (exact) mass is 152 g/mol. The van der Waals surface area contributed by atoms with Crippen LogP contribution in [0.25, 0.3) is 0 Å². The highest BCUT2D eigenvalue weighted by atomic mass is 16.1. The lowest BCUT2D eigenvalue weighted by Crippen LogP contribution is -1.74. The Bertz CT molecular complexity index is 152. The second kappa shape index (κ2) is 8.90. The van der Waals surface area contributed by atoms with Gasteiger partial charge in [-0.1, -0.05) is 6.42 Å². The van der Waals surface area contributed by atoms with Gasteiger partial charge in [-0.25, -0.2) is 9.59 Å². The third-order valence-electron chi connectivity index (χ3n) is 1.36. The van der Waals surface area contributed by atoms with E-state index in [0.29, 0.717) is 0 Å². The fourth-order valence-corrected chi connectivity index (χ4v) is 0.787. The highest BCUT2D eigenvalue weighted by molar-refractivity contribution is 5.44. The summed E-state index contributed by atoms with van der Waals surface area (Å²) in [6.07, 6.45) is 7.65. The van der Waals surface area contributed by atoms with Crippen molar-refractivity contribution >= 4 is 11.9 Å². The summed E-state index contributed by atoms with van der Waals surface area (Å²) in [6.45, 7) is 0. The van der Waals surface area contributed by atoms with Gasteiger partial charge in [0.2, 0.25) is 0 Å². The van der Waals surface area contributed by atoms with E-state index >= 15 is 0 Å². The normalized spacial score (nSPS) is 8.00. The molecule has 0 aliphatic carbocycles. The highest BCUT2D eigenvalue weighted by Crippen LogP contribution is 2.02. The van der Waals surface area contributed by atoms with Crippen molar-refractivity contribution in [3.63, 3.8) is 0 Å². The lowest BCUT2D eigenvalue weighted by molar-refractivity contribution is 0.567. The first-order chi connectivity index (χ1) is 5.41. The van der Waals surface area contributed by atoms with E-state index in [1.807, 2.05) is 0 Å². The molecule has 0 saturated heterocycles. The Morgan fingerprint density at radius 3 is 1.64 bits per heavy atom. The molecule has 0 aromatic rings. The van der Waals surface area contributed by atoms with E-state index in [-0.39, 0.29) is 0 Å². The summed E-state index contributed by atoms with van der Waals surface area (Å²) in [5.41, 5.74) is 0. The number of carbonyl (C=O) groups excluding carboxylic acids is 2. The van der Waals surface area contributed by atoms with Gasteiger partial charge in [0.1, 0.15) is 11.9 Å². The molecule has 0 rings (SSSR count). The molecule has 2 heteroatoms. The van der Waals surface area contributed by atoms with Crippen molar-refractivity contribution in [2.45, 2.75) is 32.1 Å². The number of unbranched alkanes of at least 4 members (excludes halogenated alkanes) is 4. The molecular weight excluding hydrogens is 140 g/mol. The summed E-state index contributed by atoms with van der Waals surface area (Å²) >= 11 is 0. The van der Waals surface area contributed by atoms with Gasteiger partial charge in [0, 0.05) is 0 Å². The van der Waals surface area contributed by atoms with Gasteiger partial charge < -0.3 is 0 Å². The minimum absolute atomic E-state index is 0.800. The predicted molar refractivity (Wildman–Crippen MR) is 43.6 cm³/mol. The first kappa shape index (κ1) is 9.90. The maximum absolute atomic E-state index is 9.70. The number of hydrogen-bond donors (Lipinski definition) is 0. The van der Waals surface area contributed by atoms with Gasteiger partial charge in [-0.3, -0.25) is 0 Å². The zero-order valence-corrected chi connectivity index (χ0v) is 6.51. The number of rotatable bonds is 6. The van der Waals surface area contributed by atoms with Crippen LogP contribution in [0, 0.1) is 0 Å². The maximum Gasteiger partial charge on any atom is 0.120 e. The minimum Gasteiger partial charge on any atom is -0.234 e. The molecule has 0 amide bonds. The SMILES string of the molecule is O=C=CCCCCCC=C=O. The summed E-state index contributed by atoms with van der Waals surface area (Å²) in [5, 5.41) is 0. The van der Waals surface area contributed by atoms with Crippen molar-refractivity contribution in [2.75, 3.05) is 0 Å². The van der Waals surface area contributed by atoms with Crippen molar-refractivity contribution in [2.24, 2.45) is 0 Å². The van der Waals surface area contributed by atoms with Gasteiger partial charge in [-0.2, -0.15) is 0 Å². The lowest BCUT2D eigenvalue weighted by Gasteiger charge is -1.91. The third kappa shape index (κ3) is 8.90. The predicted octanol–water partition coefficient (Wildman–Crippen LogP) is 1.71. The summed E-state index contributed by atoms with van der Waals surface area (Å²) < 4.78 is 0. The Morgan fingerprint density at radius 2 is 1.27 bits per heavy atom. The molecule has 2 nitrogen and oxygen atoms in total. The topological polar surface area (TPSA) is 34.1 Å². The largest absolute Gasteiger partial charge is 0.234 e. The van der Waals surface area contributed by atoms with Gasteiger partial charge in [0.25, 0.3) is 0 Å². The van der Waals surface area contributed by atoms with Crippen LogP contribution in [0.5, 0.6) is 0 Å². The van der Waals surface area contributed by atoms with Gasteiger partial charge in [-0.15, -0.1) is 0 Å². The Morgan fingerprint density at radius 1 is 0.818 bits per heavy atom. The molecule has 0 atom stereocenters. The van der Waals surface area contributed by atoms with Crippen LogP contribution in [-0.2, 0) is 9.59 Å². The van der Waals surface area contributed by atoms with Crippen LogP contribution in [-0.4, -0.2) is 11.9 Å². The Kier molecular flexibility index (Phi) is 8.01. The fraction of sp³-hybridized carbons (Fsp3) is 0.556. The Labute approximate surface area is 66.6 Å². The summed E-state index contributed by atoms with van der Waals surface area (Å²) in [4.78, 5) is 19.4. The van der Waals surface area contributed by atoms with E-state index in [9.17, 15) is 9.59 Å². The zero-order chi connectivity index (χ0) is 8.36. The Balaban J connectivity index is 3.02. The van der Waals surface area contributed by atoms with Crippen LogP contribution >= 0.6 is 0 Å². The summed E-state index contributed by atoms with van der Waals surface area (Å²) in [6, 6.07) is 0. The second-order valence-electron chi connectivity index (χ2n) is 2.28. The molecule has 0 heterocycles. The molecule has 0 saturated carbocycles. The molecule has 0 fully saturated rings. The molecule has 0 bridgehead atoms. The second-order valence-corrected chi connectivity index (χ2v) is 2.28. The average molecular weight is 152 g/mol. The first-order valence-corrected chi connectivity index (χ1v) is 3.80. The quantitative estimate of drug-likeness (QED) is 0.429. The van der Waals surface area contributed by atoms with E-state index in [1.54, 1.807) is 11.9 Å². The van der Waals surface area contributed by atoms with Gasteiger partial charge in [0.05, 0.1) is 0 Å². The average Bonchev–Trinajstić information content (AvgIpc) is 2.03. The van der Waals surface area contributed by atoms with Crippen molar-refractivity contribution in [3.05, 3.63) is 12.2 Å². The number of hydrogen-bond acceptors (Lipinski definition) is 2.